The van der Waals surface area contributed by atoms with Crippen molar-refractivity contribution in [3.05, 3.63) is 54.1 Å². The maximum absolute atomic E-state index is 11.9. The predicted octanol–water partition coefficient (Wildman–Crippen LogP) is 2.87. The zero-order chi connectivity index (χ0) is 19.5. The van der Waals surface area contributed by atoms with E-state index in [1.807, 2.05) is 49.4 Å². The molecule has 0 aliphatic carbocycles. The minimum Gasteiger partial charge on any atom is -0.497 e. The monoisotopic (exact) mass is 388 g/mol. The fraction of sp³-hybridized carbons (Fsp3) is 0.300. The van der Waals surface area contributed by atoms with Gasteiger partial charge in [-0.2, -0.15) is 0 Å². The molecule has 0 bridgehead atoms. The molecule has 0 aromatic heterocycles. The molecule has 2 N–H and O–H groups in total. The van der Waals surface area contributed by atoms with Crippen molar-refractivity contribution in [2.75, 3.05) is 37.1 Å². The molecule has 0 radical (unpaired) electrons. The van der Waals surface area contributed by atoms with Crippen LogP contribution in [-0.2, 0) is 9.59 Å². The molecule has 2 aromatic carbocycles. The summed E-state index contributed by atoms with van der Waals surface area (Å²) in [5, 5.41) is 5.58. The first kappa shape index (κ1) is 20.6. The third kappa shape index (κ3) is 8.04. The molecular weight excluding hydrogens is 364 g/mol. The molecular formula is C20H24N2O4S. The Morgan fingerprint density at radius 2 is 1.74 bits per heavy atom. The highest BCUT2D eigenvalue weighted by atomic mass is 32.2. The van der Waals surface area contributed by atoms with Gasteiger partial charge in [0.1, 0.15) is 18.1 Å². The Hall–Kier alpha value is -2.67. The van der Waals surface area contributed by atoms with Gasteiger partial charge in [0, 0.05) is 11.8 Å². The zero-order valence-electron chi connectivity index (χ0n) is 15.5. The standard InChI is InChI=1S/C20H24N2O4S/c1-15-5-3-6-16(11-15)22-20(24)14-27-13-19(23)21-9-10-26-18-8-4-7-17(12-18)25-2/h3-8,11-12H,9-10,13-14H2,1-2H3,(H,21,23)(H,22,24). The largest absolute Gasteiger partial charge is 0.497 e. The van der Waals surface area contributed by atoms with Crippen molar-refractivity contribution < 1.29 is 19.1 Å². The summed E-state index contributed by atoms with van der Waals surface area (Å²) in [6.45, 7) is 2.72. The van der Waals surface area contributed by atoms with Gasteiger partial charge >= 0.3 is 0 Å². The van der Waals surface area contributed by atoms with Crippen LogP contribution >= 0.6 is 11.8 Å². The lowest BCUT2D eigenvalue weighted by Crippen LogP contribution is -2.30. The molecule has 2 aromatic rings. The number of amides is 2. The van der Waals surface area contributed by atoms with Crippen LogP contribution in [0.5, 0.6) is 11.5 Å². The SMILES string of the molecule is COc1cccc(OCCNC(=O)CSCC(=O)Nc2cccc(C)c2)c1. The van der Waals surface area contributed by atoms with E-state index in [1.165, 1.54) is 11.8 Å². The summed E-state index contributed by atoms with van der Waals surface area (Å²) >= 11 is 1.27. The second kappa shape index (κ2) is 11.1. The third-order valence-electron chi connectivity index (χ3n) is 3.50. The molecule has 0 heterocycles. The van der Waals surface area contributed by atoms with Crippen molar-refractivity contribution in [2.45, 2.75) is 6.92 Å². The number of methoxy groups -OCH3 is 1. The molecule has 0 aliphatic heterocycles. The van der Waals surface area contributed by atoms with Crippen molar-refractivity contribution in [1.29, 1.82) is 0 Å². The molecule has 0 unspecified atom stereocenters. The van der Waals surface area contributed by atoms with Gasteiger partial charge in [-0.1, -0.05) is 18.2 Å². The summed E-state index contributed by atoms with van der Waals surface area (Å²) in [5.41, 5.74) is 1.84. The average Bonchev–Trinajstić information content (AvgIpc) is 2.65. The predicted molar refractivity (Wildman–Crippen MR) is 109 cm³/mol. The van der Waals surface area contributed by atoms with Crippen LogP contribution in [0.15, 0.2) is 48.5 Å². The van der Waals surface area contributed by atoms with Crippen LogP contribution in [0, 0.1) is 6.92 Å². The summed E-state index contributed by atoms with van der Waals surface area (Å²) in [6, 6.07) is 14.9. The smallest absolute Gasteiger partial charge is 0.234 e. The Kier molecular flexibility index (Phi) is 8.51. The topological polar surface area (TPSA) is 76.7 Å². The maximum atomic E-state index is 11.9. The second-order valence-electron chi connectivity index (χ2n) is 5.79. The number of hydrogen-bond acceptors (Lipinski definition) is 5. The van der Waals surface area contributed by atoms with E-state index in [9.17, 15) is 9.59 Å². The first-order valence-corrected chi connectivity index (χ1v) is 9.70. The molecule has 7 heteroatoms. The van der Waals surface area contributed by atoms with Gasteiger partial charge in [0.05, 0.1) is 25.2 Å². The number of rotatable bonds is 10. The fourth-order valence-corrected chi connectivity index (χ4v) is 2.90. The van der Waals surface area contributed by atoms with Gasteiger partial charge in [-0.15, -0.1) is 11.8 Å². The van der Waals surface area contributed by atoms with Crippen molar-refractivity contribution >= 4 is 29.3 Å². The Labute approximate surface area is 163 Å². The van der Waals surface area contributed by atoms with Crippen molar-refractivity contribution in [3.8, 4) is 11.5 Å². The van der Waals surface area contributed by atoms with E-state index in [0.717, 1.165) is 17.0 Å². The van der Waals surface area contributed by atoms with Crippen LogP contribution in [0.4, 0.5) is 5.69 Å². The summed E-state index contributed by atoms with van der Waals surface area (Å²) in [4.78, 5) is 23.7. The number of thioether (sulfide) groups is 1. The molecule has 2 amide bonds. The highest BCUT2D eigenvalue weighted by Crippen LogP contribution is 2.18. The van der Waals surface area contributed by atoms with Gasteiger partial charge in [0.2, 0.25) is 11.8 Å². The van der Waals surface area contributed by atoms with Crippen molar-refractivity contribution in [1.82, 2.24) is 5.32 Å². The molecule has 27 heavy (non-hydrogen) atoms. The Morgan fingerprint density at radius 3 is 2.52 bits per heavy atom. The quantitative estimate of drug-likeness (QED) is 0.612. The van der Waals surface area contributed by atoms with E-state index in [1.54, 1.807) is 13.2 Å². The Balaban J connectivity index is 1.57. The third-order valence-corrected chi connectivity index (χ3v) is 4.43. The number of carbonyl (C=O) groups excluding carboxylic acids is 2. The first-order valence-electron chi connectivity index (χ1n) is 8.54. The number of hydrogen-bond donors (Lipinski definition) is 2. The van der Waals surface area contributed by atoms with Crippen LogP contribution in [0.2, 0.25) is 0 Å². The van der Waals surface area contributed by atoms with E-state index < -0.39 is 0 Å². The molecule has 0 saturated heterocycles. The molecule has 2 rings (SSSR count). The lowest BCUT2D eigenvalue weighted by atomic mass is 10.2. The number of aryl methyl sites for hydroxylation is 1. The number of anilines is 1. The van der Waals surface area contributed by atoms with Crippen molar-refractivity contribution in [2.24, 2.45) is 0 Å². The Bertz CT molecular complexity index is 767. The summed E-state index contributed by atoms with van der Waals surface area (Å²) in [5.74, 6) is 1.60. The molecule has 0 atom stereocenters. The number of carbonyl (C=O) groups is 2. The minimum atomic E-state index is -0.127. The normalized spacial score (nSPS) is 10.1. The van der Waals surface area contributed by atoms with Crippen LogP contribution in [0.3, 0.4) is 0 Å². The van der Waals surface area contributed by atoms with Gasteiger partial charge in [-0.05, 0) is 36.8 Å². The average molecular weight is 388 g/mol. The maximum Gasteiger partial charge on any atom is 0.234 e. The van der Waals surface area contributed by atoms with Crippen LogP contribution in [0.1, 0.15) is 5.56 Å². The molecule has 0 saturated carbocycles. The lowest BCUT2D eigenvalue weighted by molar-refractivity contribution is -0.118. The summed E-state index contributed by atoms with van der Waals surface area (Å²) in [6.07, 6.45) is 0. The summed E-state index contributed by atoms with van der Waals surface area (Å²) in [7, 11) is 1.60. The lowest BCUT2D eigenvalue weighted by Gasteiger charge is -2.09. The molecule has 0 fully saturated rings. The van der Waals surface area contributed by atoms with E-state index in [-0.39, 0.29) is 23.3 Å². The highest BCUT2D eigenvalue weighted by molar-refractivity contribution is 8.00. The fourth-order valence-electron chi connectivity index (χ4n) is 2.26. The van der Waals surface area contributed by atoms with E-state index in [2.05, 4.69) is 10.6 Å². The summed E-state index contributed by atoms with van der Waals surface area (Å²) < 4.78 is 10.7. The van der Waals surface area contributed by atoms with Crippen molar-refractivity contribution in [3.63, 3.8) is 0 Å². The van der Waals surface area contributed by atoms with Gasteiger partial charge in [-0.25, -0.2) is 0 Å². The molecule has 6 nitrogen and oxygen atoms in total. The Morgan fingerprint density at radius 1 is 1.00 bits per heavy atom. The van der Waals surface area contributed by atoms with Gasteiger partial charge in [0.25, 0.3) is 0 Å². The van der Waals surface area contributed by atoms with Crippen LogP contribution in [0.25, 0.3) is 0 Å². The minimum absolute atomic E-state index is 0.125. The van der Waals surface area contributed by atoms with Gasteiger partial charge in [-0.3, -0.25) is 9.59 Å². The molecule has 144 valence electrons. The number of ether oxygens (including phenoxy) is 2. The molecule has 0 aliphatic rings. The van der Waals surface area contributed by atoms with E-state index in [4.69, 9.17) is 9.47 Å². The number of nitrogens with one attached hydrogen (secondary N) is 2. The van der Waals surface area contributed by atoms with E-state index in [0.29, 0.717) is 18.9 Å². The highest BCUT2D eigenvalue weighted by Gasteiger charge is 2.06. The van der Waals surface area contributed by atoms with Crippen LogP contribution in [-0.4, -0.2) is 43.6 Å². The zero-order valence-corrected chi connectivity index (χ0v) is 16.3. The van der Waals surface area contributed by atoms with Gasteiger partial charge in [0.15, 0.2) is 0 Å². The van der Waals surface area contributed by atoms with Gasteiger partial charge < -0.3 is 20.1 Å². The molecule has 0 spiro atoms. The second-order valence-corrected chi connectivity index (χ2v) is 6.77. The van der Waals surface area contributed by atoms with Crippen LogP contribution < -0.4 is 20.1 Å². The first-order chi connectivity index (χ1) is 13.1. The van der Waals surface area contributed by atoms with E-state index >= 15 is 0 Å². The number of benzene rings is 2.